The van der Waals surface area contributed by atoms with Crippen LogP contribution in [0, 0.1) is 11.3 Å². The number of nitriles is 1. The van der Waals surface area contributed by atoms with Crippen LogP contribution in [-0.4, -0.2) is 28.7 Å². The average Bonchev–Trinajstić information content (AvgIpc) is 2.76. The average molecular weight is 400 g/mol. The SMILES string of the molecule is C=CCOc1ccc(/C=C(\C#N)c2nc(N)nc(Nc3ccccc3)n2)cc1OC. The van der Waals surface area contributed by atoms with Crippen LogP contribution in [-0.2, 0) is 0 Å². The highest BCUT2D eigenvalue weighted by atomic mass is 16.5. The fourth-order valence-electron chi connectivity index (χ4n) is 2.57. The van der Waals surface area contributed by atoms with Gasteiger partial charge in [-0.25, -0.2) is 0 Å². The molecule has 1 heterocycles. The van der Waals surface area contributed by atoms with Crippen LogP contribution in [0.15, 0.2) is 61.2 Å². The van der Waals surface area contributed by atoms with Crippen molar-refractivity contribution in [3.63, 3.8) is 0 Å². The van der Waals surface area contributed by atoms with E-state index in [9.17, 15) is 5.26 Å². The minimum absolute atomic E-state index is 0.00494. The first-order chi connectivity index (χ1) is 14.6. The van der Waals surface area contributed by atoms with Crippen LogP contribution < -0.4 is 20.5 Å². The van der Waals surface area contributed by atoms with Gasteiger partial charge in [-0.3, -0.25) is 0 Å². The fraction of sp³-hybridized carbons (Fsp3) is 0.0909. The van der Waals surface area contributed by atoms with E-state index in [0.717, 1.165) is 5.69 Å². The van der Waals surface area contributed by atoms with Gasteiger partial charge in [0.1, 0.15) is 12.7 Å². The molecule has 0 atom stereocenters. The summed E-state index contributed by atoms with van der Waals surface area (Å²) in [6.07, 6.45) is 3.29. The van der Waals surface area contributed by atoms with E-state index in [2.05, 4.69) is 32.9 Å². The van der Waals surface area contributed by atoms with Crippen LogP contribution >= 0.6 is 0 Å². The molecule has 0 fully saturated rings. The summed E-state index contributed by atoms with van der Waals surface area (Å²) in [6.45, 7) is 3.99. The highest BCUT2D eigenvalue weighted by Crippen LogP contribution is 2.29. The second kappa shape index (κ2) is 9.71. The number of nitrogen functional groups attached to an aromatic ring is 1. The molecule has 30 heavy (non-hydrogen) atoms. The van der Waals surface area contributed by atoms with Gasteiger partial charge in [0.2, 0.25) is 11.9 Å². The minimum atomic E-state index is 0.00494. The topological polar surface area (TPSA) is 119 Å². The van der Waals surface area contributed by atoms with Gasteiger partial charge in [-0.05, 0) is 35.9 Å². The van der Waals surface area contributed by atoms with E-state index >= 15 is 0 Å². The first-order valence-corrected chi connectivity index (χ1v) is 9.00. The van der Waals surface area contributed by atoms with Crippen molar-refractivity contribution in [3.8, 4) is 17.6 Å². The first-order valence-electron chi connectivity index (χ1n) is 9.00. The number of ether oxygens (including phenoxy) is 2. The molecule has 8 heteroatoms. The molecular weight excluding hydrogens is 380 g/mol. The van der Waals surface area contributed by atoms with Gasteiger partial charge in [0.15, 0.2) is 17.3 Å². The van der Waals surface area contributed by atoms with Crippen molar-refractivity contribution < 1.29 is 9.47 Å². The van der Waals surface area contributed by atoms with Crippen LogP contribution in [0.2, 0.25) is 0 Å². The highest BCUT2D eigenvalue weighted by Gasteiger charge is 2.11. The van der Waals surface area contributed by atoms with Crippen molar-refractivity contribution in [2.24, 2.45) is 0 Å². The molecule has 2 aromatic carbocycles. The minimum Gasteiger partial charge on any atom is -0.493 e. The van der Waals surface area contributed by atoms with Gasteiger partial charge >= 0.3 is 0 Å². The number of benzene rings is 2. The van der Waals surface area contributed by atoms with Crippen molar-refractivity contribution in [2.75, 3.05) is 24.8 Å². The Morgan fingerprint density at radius 1 is 1.17 bits per heavy atom. The third-order valence-corrected chi connectivity index (χ3v) is 3.90. The summed E-state index contributed by atoms with van der Waals surface area (Å²) in [6, 6.07) is 16.8. The molecule has 8 nitrogen and oxygen atoms in total. The van der Waals surface area contributed by atoms with E-state index in [4.69, 9.17) is 15.2 Å². The van der Waals surface area contributed by atoms with Crippen LogP contribution in [0.1, 0.15) is 11.4 Å². The lowest BCUT2D eigenvalue weighted by atomic mass is 10.1. The molecule has 150 valence electrons. The molecule has 0 amide bonds. The lowest BCUT2D eigenvalue weighted by Gasteiger charge is -2.10. The fourth-order valence-corrected chi connectivity index (χ4v) is 2.57. The Kier molecular flexibility index (Phi) is 6.59. The summed E-state index contributed by atoms with van der Waals surface area (Å²) < 4.78 is 10.9. The largest absolute Gasteiger partial charge is 0.493 e. The van der Waals surface area contributed by atoms with Crippen molar-refractivity contribution in [2.45, 2.75) is 0 Å². The van der Waals surface area contributed by atoms with E-state index < -0.39 is 0 Å². The maximum Gasteiger partial charge on any atom is 0.232 e. The van der Waals surface area contributed by atoms with E-state index in [0.29, 0.717) is 23.7 Å². The Bertz CT molecular complexity index is 1110. The quantitative estimate of drug-likeness (QED) is 0.432. The highest BCUT2D eigenvalue weighted by molar-refractivity contribution is 5.87. The second-order valence-corrected chi connectivity index (χ2v) is 6.01. The van der Waals surface area contributed by atoms with Gasteiger partial charge in [0.25, 0.3) is 0 Å². The van der Waals surface area contributed by atoms with E-state index in [1.807, 2.05) is 30.3 Å². The molecule has 3 rings (SSSR count). The van der Waals surface area contributed by atoms with E-state index in [1.165, 1.54) is 0 Å². The molecule has 0 bridgehead atoms. The molecule has 0 aliphatic carbocycles. The monoisotopic (exact) mass is 400 g/mol. The van der Waals surface area contributed by atoms with Crippen molar-refractivity contribution in [3.05, 3.63) is 72.6 Å². The molecule has 0 saturated carbocycles. The summed E-state index contributed by atoms with van der Waals surface area (Å²) in [4.78, 5) is 12.5. The lowest BCUT2D eigenvalue weighted by molar-refractivity contribution is 0.326. The zero-order chi connectivity index (χ0) is 21.3. The molecule has 0 aliphatic rings. The van der Waals surface area contributed by atoms with Crippen molar-refractivity contribution >= 4 is 29.2 Å². The third-order valence-electron chi connectivity index (χ3n) is 3.90. The van der Waals surface area contributed by atoms with Crippen LogP contribution in [0.3, 0.4) is 0 Å². The van der Waals surface area contributed by atoms with Gasteiger partial charge in [0.05, 0.1) is 12.7 Å². The summed E-state index contributed by atoms with van der Waals surface area (Å²) in [5.41, 5.74) is 7.55. The molecule has 0 spiro atoms. The summed E-state index contributed by atoms with van der Waals surface area (Å²) in [5.74, 6) is 1.52. The zero-order valence-electron chi connectivity index (χ0n) is 16.4. The molecule has 0 radical (unpaired) electrons. The predicted molar refractivity (Wildman–Crippen MR) is 116 cm³/mol. The number of anilines is 3. The molecular formula is C22H20N6O2. The standard InChI is InChI=1S/C22H20N6O2/c1-3-11-30-18-10-9-15(13-19(18)29-2)12-16(14-23)20-26-21(24)28-22(27-20)25-17-7-5-4-6-8-17/h3-10,12-13H,1,11H2,2H3,(H3,24,25,26,27,28)/b16-12+. The Labute approximate surface area is 174 Å². The molecule has 3 N–H and O–H groups in total. The van der Waals surface area contributed by atoms with Crippen LogP contribution in [0.5, 0.6) is 11.5 Å². The Morgan fingerprint density at radius 2 is 1.97 bits per heavy atom. The van der Waals surface area contributed by atoms with Crippen molar-refractivity contribution in [1.82, 2.24) is 15.0 Å². The van der Waals surface area contributed by atoms with Gasteiger partial charge < -0.3 is 20.5 Å². The number of rotatable bonds is 8. The van der Waals surface area contributed by atoms with E-state index in [-0.39, 0.29) is 23.3 Å². The number of nitrogens with zero attached hydrogens (tertiary/aromatic N) is 4. The second-order valence-electron chi connectivity index (χ2n) is 6.01. The van der Waals surface area contributed by atoms with Gasteiger partial charge in [-0.15, -0.1) is 0 Å². The number of hydrogen-bond donors (Lipinski definition) is 2. The van der Waals surface area contributed by atoms with Crippen LogP contribution in [0.25, 0.3) is 11.6 Å². The molecule has 1 aromatic heterocycles. The molecule has 0 unspecified atom stereocenters. The number of nitrogens with two attached hydrogens (primary N) is 1. The number of allylic oxidation sites excluding steroid dienone is 1. The van der Waals surface area contributed by atoms with Crippen molar-refractivity contribution in [1.29, 1.82) is 5.26 Å². The Balaban J connectivity index is 1.93. The number of aromatic nitrogens is 3. The predicted octanol–water partition coefficient (Wildman–Crippen LogP) is 3.83. The maximum atomic E-state index is 9.66. The third kappa shape index (κ3) is 5.11. The van der Waals surface area contributed by atoms with Gasteiger partial charge in [-0.1, -0.05) is 36.9 Å². The smallest absolute Gasteiger partial charge is 0.232 e. The van der Waals surface area contributed by atoms with E-state index in [1.54, 1.807) is 37.5 Å². The summed E-state index contributed by atoms with van der Waals surface area (Å²) >= 11 is 0. The normalized spacial score (nSPS) is 10.7. The Hall–Kier alpha value is -4.38. The van der Waals surface area contributed by atoms with Gasteiger partial charge in [0, 0.05) is 5.69 Å². The van der Waals surface area contributed by atoms with Crippen LogP contribution in [0.4, 0.5) is 17.6 Å². The first kappa shape index (κ1) is 20.4. The number of para-hydroxylation sites is 1. The number of nitrogens with one attached hydrogen (secondary N) is 1. The zero-order valence-corrected chi connectivity index (χ0v) is 16.4. The maximum absolute atomic E-state index is 9.66. The number of hydrogen-bond acceptors (Lipinski definition) is 8. The number of methoxy groups -OCH3 is 1. The molecule has 0 saturated heterocycles. The lowest BCUT2D eigenvalue weighted by Crippen LogP contribution is -2.06. The summed E-state index contributed by atoms with van der Waals surface area (Å²) in [5, 5.41) is 12.7. The molecule has 3 aromatic rings. The Morgan fingerprint density at radius 3 is 2.67 bits per heavy atom. The summed E-state index contributed by atoms with van der Waals surface area (Å²) in [7, 11) is 1.54. The molecule has 0 aliphatic heterocycles. The van der Waals surface area contributed by atoms with Gasteiger partial charge in [-0.2, -0.15) is 20.2 Å².